The lowest BCUT2D eigenvalue weighted by molar-refractivity contribution is -0.898. The Morgan fingerprint density at radius 3 is 1.52 bits per heavy atom. The van der Waals surface area contributed by atoms with Gasteiger partial charge < -0.3 is 9.80 Å². The second-order valence-electron chi connectivity index (χ2n) is 9.48. The Labute approximate surface area is 171 Å². The molecule has 27 heavy (non-hydrogen) atoms. The molecule has 0 aromatic carbocycles. The van der Waals surface area contributed by atoms with Gasteiger partial charge >= 0.3 is 0 Å². The maximum atomic E-state index is 12.4. The summed E-state index contributed by atoms with van der Waals surface area (Å²) in [6, 6.07) is 0. The van der Waals surface area contributed by atoms with Gasteiger partial charge in [0.15, 0.2) is 6.17 Å². The second kappa shape index (κ2) is 16.4. The van der Waals surface area contributed by atoms with E-state index in [-0.39, 0.29) is 18.0 Å². The number of carbonyl (C=O) groups is 1. The van der Waals surface area contributed by atoms with E-state index >= 15 is 0 Å². The molecule has 3 heteroatoms. The molecule has 0 aliphatic rings. The summed E-state index contributed by atoms with van der Waals surface area (Å²) < 4.78 is 0.785. The van der Waals surface area contributed by atoms with Crippen molar-refractivity contribution in [3.05, 3.63) is 0 Å². The Hall–Kier alpha value is -0.570. The zero-order valence-electron chi connectivity index (χ0n) is 19.6. The molecule has 2 unspecified atom stereocenters. The predicted octanol–water partition coefficient (Wildman–Crippen LogP) is 6.66. The Morgan fingerprint density at radius 1 is 0.741 bits per heavy atom. The van der Waals surface area contributed by atoms with Gasteiger partial charge in [-0.2, -0.15) is 0 Å². The van der Waals surface area contributed by atoms with Crippen LogP contribution in [0.2, 0.25) is 0 Å². The van der Waals surface area contributed by atoms with Crippen molar-refractivity contribution < 1.29 is 9.28 Å². The quantitative estimate of drug-likeness (QED) is 0.160. The largest absolute Gasteiger partial charge is 0.311 e. The zero-order valence-corrected chi connectivity index (χ0v) is 19.6. The van der Waals surface area contributed by atoms with Gasteiger partial charge in [0.25, 0.3) is 0 Å². The molecular weight excluding hydrogens is 332 g/mol. The third kappa shape index (κ3) is 15.1. The van der Waals surface area contributed by atoms with E-state index in [9.17, 15) is 4.79 Å². The fraction of sp³-hybridized carbons (Fsp3) is 0.958. The van der Waals surface area contributed by atoms with Crippen LogP contribution in [0.5, 0.6) is 0 Å². The van der Waals surface area contributed by atoms with Gasteiger partial charge in [0.2, 0.25) is 5.91 Å². The number of unbranched alkanes of at least 4 members (excludes halogenated alkanes) is 12. The van der Waals surface area contributed by atoms with E-state index < -0.39 is 0 Å². The van der Waals surface area contributed by atoms with Crippen molar-refractivity contribution in [2.75, 3.05) is 21.1 Å². The van der Waals surface area contributed by atoms with Crippen LogP contribution in [0.1, 0.15) is 117 Å². The first-order valence-corrected chi connectivity index (χ1v) is 11.9. The summed E-state index contributed by atoms with van der Waals surface area (Å²) in [5.41, 5.74) is 0. The van der Waals surface area contributed by atoms with Crippen molar-refractivity contribution in [2.45, 2.75) is 123 Å². The zero-order chi connectivity index (χ0) is 20.5. The summed E-state index contributed by atoms with van der Waals surface area (Å²) in [7, 11) is 6.43. The summed E-state index contributed by atoms with van der Waals surface area (Å²) in [5.74, 6) is 0.368. The number of hydrogen-bond acceptors (Lipinski definition) is 1. The van der Waals surface area contributed by atoms with E-state index in [4.69, 9.17) is 0 Å². The van der Waals surface area contributed by atoms with Gasteiger partial charge in [-0.1, -0.05) is 104 Å². The standard InChI is InChI=1S/C24H50N2O/c1-7-9-10-11-12-13-14-15-16-17-18-19-20-21-22(3)24(27)25-23(8-2)26(4,5)6/h22-23H,7-21H2,1-6H3/p+1. The maximum Gasteiger partial charge on any atom is 0.227 e. The number of quaternary nitrogens is 1. The third-order valence-corrected chi connectivity index (χ3v) is 5.82. The molecule has 0 rings (SSSR count). The highest BCUT2D eigenvalue weighted by Crippen LogP contribution is 2.15. The predicted molar refractivity (Wildman–Crippen MR) is 120 cm³/mol. The highest BCUT2D eigenvalue weighted by Gasteiger charge is 2.25. The van der Waals surface area contributed by atoms with Crippen LogP contribution in [0.4, 0.5) is 0 Å². The molecule has 0 heterocycles. The molecule has 0 radical (unpaired) electrons. The highest BCUT2D eigenvalue weighted by atomic mass is 16.2. The van der Waals surface area contributed by atoms with Crippen molar-refractivity contribution >= 4 is 5.91 Å². The SMILES string of the molecule is CCCCCCCCCCCCCCCC(C)C(=O)NC(CC)[N+](C)(C)C. The fourth-order valence-corrected chi connectivity index (χ4v) is 3.75. The molecular formula is C24H51N2O+. The average molecular weight is 384 g/mol. The van der Waals surface area contributed by atoms with Crippen LogP contribution in [0.15, 0.2) is 0 Å². The lowest BCUT2D eigenvalue weighted by Crippen LogP contribution is -2.55. The normalized spacial score (nSPS) is 14.1. The van der Waals surface area contributed by atoms with Crippen LogP contribution in [0, 0.1) is 5.92 Å². The molecule has 162 valence electrons. The van der Waals surface area contributed by atoms with Crippen molar-refractivity contribution in [2.24, 2.45) is 5.92 Å². The minimum atomic E-state index is 0.137. The van der Waals surface area contributed by atoms with Gasteiger partial charge in [0.05, 0.1) is 21.1 Å². The van der Waals surface area contributed by atoms with Crippen molar-refractivity contribution in [3.63, 3.8) is 0 Å². The molecule has 1 amide bonds. The first-order chi connectivity index (χ1) is 12.8. The van der Waals surface area contributed by atoms with Crippen LogP contribution >= 0.6 is 0 Å². The summed E-state index contributed by atoms with van der Waals surface area (Å²) in [5, 5.41) is 3.24. The Morgan fingerprint density at radius 2 is 1.15 bits per heavy atom. The Balaban J connectivity index is 3.55. The maximum absolute atomic E-state index is 12.4. The van der Waals surface area contributed by atoms with E-state index in [1.165, 1.54) is 83.5 Å². The lowest BCUT2D eigenvalue weighted by atomic mass is 10.00. The van der Waals surface area contributed by atoms with Crippen molar-refractivity contribution in [1.29, 1.82) is 0 Å². The third-order valence-electron chi connectivity index (χ3n) is 5.82. The highest BCUT2D eigenvalue weighted by molar-refractivity contribution is 5.78. The Kier molecular flexibility index (Phi) is 16.0. The summed E-state index contributed by atoms with van der Waals surface area (Å²) in [4.78, 5) is 12.4. The van der Waals surface area contributed by atoms with Crippen LogP contribution in [0.3, 0.4) is 0 Å². The van der Waals surface area contributed by atoms with Gasteiger partial charge in [-0.3, -0.25) is 4.79 Å². The first-order valence-electron chi connectivity index (χ1n) is 11.9. The van der Waals surface area contributed by atoms with Crippen molar-refractivity contribution in [1.82, 2.24) is 5.32 Å². The molecule has 2 atom stereocenters. The van der Waals surface area contributed by atoms with Gasteiger partial charge in [-0.05, 0) is 6.42 Å². The smallest absolute Gasteiger partial charge is 0.227 e. The number of hydrogen-bond donors (Lipinski definition) is 1. The van der Waals surface area contributed by atoms with Gasteiger partial charge in [-0.15, -0.1) is 0 Å². The molecule has 3 nitrogen and oxygen atoms in total. The van der Waals surface area contributed by atoms with Crippen LogP contribution in [-0.2, 0) is 4.79 Å². The van der Waals surface area contributed by atoms with Crippen LogP contribution < -0.4 is 5.32 Å². The summed E-state index contributed by atoms with van der Waals surface area (Å²) >= 11 is 0. The van der Waals surface area contributed by atoms with E-state index in [0.717, 1.165) is 17.3 Å². The fourth-order valence-electron chi connectivity index (χ4n) is 3.75. The molecule has 0 aliphatic carbocycles. The van der Waals surface area contributed by atoms with Crippen molar-refractivity contribution in [3.8, 4) is 0 Å². The average Bonchev–Trinajstić information content (AvgIpc) is 2.62. The molecule has 0 aromatic heterocycles. The van der Waals surface area contributed by atoms with Crippen LogP contribution in [-0.4, -0.2) is 37.7 Å². The minimum absolute atomic E-state index is 0.137. The molecule has 0 saturated heterocycles. The molecule has 0 spiro atoms. The van der Waals surface area contributed by atoms with Gasteiger partial charge in [-0.25, -0.2) is 0 Å². The number of carbonyl (C=O) groups excluding carboxylic acids is 1. The first kappa shape index (κ1) is 26.4. The van der Waals surface area contributed by atoms with E-state index in [1.807, 2.05) is 0 Å². The lowest BCUT2D eigenvalue weighted by Gasteiger charge is -2.34. The molecule has 1 N–H and O–H groups in total. The van der Waals surface area contributed by atoms with E-state index in [0.29, 0.717) is 0 Å². The van der Waals surface area contributed by atoms with E-state index in [2.05, 4.69) is 47.2 Å². The Bertz CT molecular complexity index is 349. The molecule has 0 bridgehead atoms. The van der Waals surface area contributed by atoms with E-state index in [1.54, 1.807) is 0 Å². The summed E-state index contributed by atoms with van der Waals surface area (Å²) in [6.07, 6.45) is 20.1. The molecule has 0 aromatic rings. The van der Waals surface area contributed by atoms with Gasteiger partial charge in [0, 0.05) is 12.3 Å². The van der Waals surface area contributed by atoms with Crippen LogP contribution in [0.25, 0.3) is 0 Å². The minimum Gasteiger partial charge on any atom is -0.311 e. The number of rotatable bonds is 18. The molecule has 0 aliphatic heterocycles. The molecule has 0 fully saturated rings. The summed E-state index contributed by atoms with van der Waals surface area (Å²) in [6.45, 7) is 6.51. The second-order valence-corrected chi connectivity index (χ2v) is 9.48. The number of amides is 1. The number of nitrogens with zero attached hydrogens (tertiary/aromatic N) is 1. The number of nitrogens with one attached hydrogen (secondary N) is 1. The molecule has 0 saturated carbocycles. The van der Waals surface area contributed by atoms with Gasteiger partial charge in [0.1, 0.15) is 0 Å². The topological polar surface area (TPSA) is 29.1 Å². The monoisotopic (exact) mass is 383 g/mol.